The Bertz CT molecular complexity index is 777. The number of nitrogens with zero attached hydrogens (tertiary/aromatic N) is 3. The van der Waals surface area contributed by atoms with Crippen LogP contribution in [0.15, 0.2) is 30.5 Å². The highest BCUT2D eigenvalue weighted by Gasteiger charge is 2.24. The van der Waals surface area contributed by atoms with Crippen molar-refractivity contribution >= 4 is 6.03 Å². The Morgan fingerprint density at radius 2 is 1.93 bits per heavy atom. The second kappa shape index (κ2) is 10.4. The second-order valence-electron chi connectivity index (χ2n) is 8.09. The number of urea groups is 1. The van der Waals surface area contributed by atoms with Crippen molar-refractivity contribution in [2.75, 3.05) is 26.8 Å². The number of methoxy groups -OCH3 is 1. The first kappa shape index (κ1) is 21.4. The predicted molar refractivity (Wildman–Crippen MR) is 115 cm³/mol. The number of likely N-dealkylation sites (tertiary alicyclic amines) is 1. The van der Waals surface area contributed by atoms with Crippen molar-refractivity contribution in [3.05, 3.63) is 53.1 Å². The van der Waals surface area contributed by atoms with Gasteiger partial charge in [0.25, 0.3) is 0 Å². The van der Waals surface area contributed by atoms with E-state index < -0.39 is 0 Å². The molecule has 1 aliphatic heterocycles. The van der Waals surface area contributed by atoms with Crippen LogP contribution in [0.1, 0.15) is 41.9 Å². The molecular formula is C23H34N4O2. The summed E-state index contributed by atoms with van der Waals surface area (Å²) >= 11 is 0. The van der Waals surface area contributed by atoms with Crippen LogP contribution in [0.2, 0.25) is 0 Å². The average molecular weight is 399 g/mol. The molecule has 3 rings (SSSR count). The number of carbonyl (C=O) groups excluding carboxylic acids is 1. The Balaban J connectivity index is 1.44. The fourth-order valence-corrected chi connectivity index (χ4v) is 3.94. The normalized spacial score (nSPS) is 14.9. The number of ether oxygens (including phenoxy) is 1. The second-order valence-corrected chi connectivity index (χ2v) is 8.09. The van der Waals surface area contributed by atoms with Crippen LogP contribution in [0.5, 0.6) is 0 Å². The summed E-state index contributed by atoms with van der Waals surface area (Å²) in [7, 11) is 1.74. The molecule has 1 aromatic carbocycles. The van der Waals surface area contributed by atoms with Crippen LogP contribution in [0.3, 0.4) is 0 Å². The first-order valence-corrected chi connectivity index (χ1v) is 10.6. The molecule has 0 bridgehead atoms. The molecule has 6 nitrogen and oxygen atoms in total. The van der Waals surface area contributed by atoms with Gasteiger partial charge in [-0.25, -0.2) is 9.78 Å². The number of piperidine rings is 1. The number of amides is 2. The molecule has 29 heavy (non-hydrogen) atoms. The summed E-state index contributed by atoms with van der Waals surface area (Å²) in [5, 5.41) is 3.05. The summed E-state index contributed by atoms with van der Waals surface area (Å²) < 4.78 is 7.50. The number of aryl methyl sites for hydroxylation is 2. The van der Waals surface area contributed by atoms with Gasteiger partial charge in [0, 0.05) is 58.2 Å². The van der Waals surface area contributed by atoms with Crippen molar-refractivity contribution in [2.45, 2.75) is 52.6 Å². The summed E-state index contributed by atoms with van der Waals surface area (Å²) in [6.45, 7) is 8.12. The van der Waals surface area contributed by atoms with Gasteiger partial charge in [0.2, 0.25) is 0 Å². The minimum absolute atomic E-state index is 0.0425. The first-order valence-electron chi connectivity index (χ1n) is 10.6. The Morgan fingerprint density at radius 1 is 1.21 bits per heavy atom. The zero-order valence-corrected chi connectivity index (χ0v) is 18.0. The monoisotopic (exact) mass is 398 g/mol. The maximum Gasteiger partial charge on any atom is 0.317 e. The van der Waals surface area contributed by atoms with Gasteiger partial charge in [0.1, 0.15) is 5.82 Å². The zero-order valence-electron chi connectivity index (χ0n) is 18.0. The molecule has 1 aromatic heterocycles. The van der Waals surface area contributed by atoms with Gasteiger partial charge in [-0.2, -0.15) is 0 Å². The van der Waals surface area contributed by atoms with Crippen LogP contribution in [0, 0.1) is 19.8 Å². The first-order chi connectivity index (χ1) is 14.1. The minimum atomic E-state index is 0.0425. The van der Waals surface area contributed by atoms with Crippen LogP contribution in [0.4, 0.5) is 4.79 Å². The summed E-state index contributed by atoms with van der Waals surface area (Å²) in [5.74, 6) is 1.75. The van der Waals surface area contributed by atoms with E-state index in [1.54, 1.807) is 7.11 Å². The number of carbonyl (C=O) groups is 1. The van der Waals surface area contributed by atoms with Gasteiger partial charge in [-0.1, -0.05) is 29.8 Å². The molecule has 0 spiro atoms. The van der Waals surface area contributed by atoms with E-state index in [0.717, 1.165) is 57.5 Å². The van der Waals surface area contributed by atoms with Gasteiger partial charge >= 0.3 is 6.03 Å². The summed E-state index contributed by atoms with van der Waals surface area (Å²) in [6.07, 6.45) is 6.01. The molecule has 1 aliphatic rings. The lowest BCUT2D eigenvalue weighted by Gasteiger charge is -2.32. The molecule has 6 heteroatoms. The highest BCUT2D eigenvalue weighted by Crippen LogP contribution is 2.22. The van der Waals surface area contributed by atoms with Gasteiger partial charge in [0.15, 0.2) is 0 Å². The lowest BCUT2D eigenvalue weighted by atomic mass is 9.93. The molecule has 2 amide bonds. The van der Waals surface area contributed by atoms with Crippen molar-refractivity contribution in [3.63, 3.8) is 0 Å². The summed E-state index contributed by atoms with van der Waals surface area (Å²) in [5.41, 5.74) is 3.58. The number of benzene rings is 1. The van der Waals surface area contributed by atoms with Gasteiger partial charge in [-0.3, -0.25) is 0 Å². The molecule has 0 unspecified atom stereocenters. The number of imidazole rings is 1. The fourth-order valence-electron chi connectivity index (χ4n) is 3.94. The molecule has 0 saturated carbocycles. The van der Waals surface area contributed by atoms with E-state index in [-0.39, 0.29) is 6.03 Å². The molecule has 0 atom stereocenters. The number of hydrogen-bond acceptors (Lipinski definition) is 3. The topological polar surface area (TPSA) is 59.4 Å². The quantitative estimate of drug-likeness (QED) is 0.690. The lowest BCUT2D eigenvalue weighted by molar-refractivity contribution is 0.169. The van der Waals surface area contributed by atoms with Gasteiger partial charge in [0.05, 0.1) is 0 Å². The number of aromatic nitrogens is 2. The van der Waals surface area contributed by atoms with Crippen LogP contribution in [0.25, 0.3) is 0 Å². The standard InChI is InChI=1S/C23H34N4O2/c1-18-5-7-21(8-6-18)17-25-23(28)26-12-9-20(10-13-26)15-22-24-16-19(2)27(22)11-4-14-29-3/h5-8,16,20H,4,9-15,17H2,1-3H3,(H,25,28). The smallest absolute Gasteiger partial charge is 0.317 e. The molecule has 1 fully saturated rings. The van der Waals surface area contributed by atoms with Gasteiger partial charge in [-0.15, -0.1) is 0 Å². The molecule has 158 valence electrons. The van der Waals surface area contributed by atoms with E-state index in [4.69, 9.17) is 4.74 Å². The van der Waals surface area contributed by atoms with Gasteiger partial charge in [-0.05, 0) is 44.6 Å². The molecule has 0 aliphatic carbocycles. The molecule has 2 aromatic rings. The van der Waals surface area contributed by atoms with Crippen molar-refractivity contribution in [1.29, 1.82) is 0 Å². The largest absolute Gasteiger partial charge is 0.385 e. The van der Waals surface area contributed by atoms with Crippen LogP contribution in [-0.2, 0) is 24.2 Å². The van der Waals surface area contributed by atoms with E-state index in [0.29, 0.717) is 12.5 Å². The van der Waals surface area contributed by atoms with Crippen LogP contribution in [-0.4, -0.2) is 47.3 Å². The number of rotatable bonds is 8. The van der Waals surface area contributed by atoms with Gasteiger partial charge < -0.3 is 19.5 Å². The van der Waals surface area contributed by atoms with E-state index in [1.165, 1.54) is 17.1 Å². The third kappa shape index (κ3) is 6.07. The van der Waals surface area contributed by atoms with Crippen molar-refractivity contribution in [2.24, 2.45) is 5.92 Å². The molecule has 2 heterocycles. The maximum atomic E-state index is 12.5. The minimum Gasteiger partial charge on any atom is -0.385 e. The van der Waals surface area contributed by atoms with E-state index in [9.17, 15) is 4.79 Å². The lowest BCUT2D eigenvalue weighted by Crippen LogP contribution is -2.44. The Morgan fingerprint density at radius 3 is 2.62 bits per heavy atom. The average Bonchev–Trinajstić information content (AvgIpc) is 3.07. The van der Waals surface area contributed by atoms with Crippen LogP contribution >= 0.6 is 0 Å². The van der Waals surface area contributed by atoms with Crippen molar-refractivity contribution in [1.82, 2.24) is 19.8 Å². The third-order valence-corrected chi connectivity index (χ3v) is 5.81. The third-order valence-electron chi connectivity index (χ3n) is 5.81. The maximum absolute atomic E-state index is 12.5. The Kier molecular flexibility index (Phi) is 7.69. The number of hydrogen-bond donors (Lipinski definition) is 1. The van der Waals surface area contributed by atoms with E-state index in [2.05, 4.69) is 53.0 Å². The van der Waals surface area contributed by atoms with Crippen LogP contribution < -0.4 is 5.32 Å². The molecular weight excluding hydrogens is 364 g/mol. The summed E-state index contributed by atoms with van der Waals surface area (Å²) in [6, 6.07) is 8.33. The fraction of sp³-hybridized carbons (Fsp3) is 0.565. The predicted octanol–water partition coefficient (Wildman–Crippen LogP) is 3.70. The molecule has 0 radical (unpaired) electrons. The molecule has 1 N–H and O–H groups in total. The Hall–Kier alpha value is -2.34. The highest BCUT2D eigenvalue weighted by atomic mass is 16.5. The Labute approximate surface area is 174 Å². The zero-order chi connectivity index (χ0) is 20.6. The molecule has 1 saturated heterocycles. The number of nitrogens with one attached hydrogen (secondary N) is 1. The van der Waals surface area contributed by atoms with E-state index >= 15 is 0 Å². The van der Waals surface area contributed by atoms with Crippen molar-refractivity contribution in [3.8, 4) is 0 Å². The summed E-state index contributed by atoms with van der Waals surface area (Å²) in [4.78, 5) is 19.1. The highest BCUT2D eigenvalue weighted by molar-refractivity contribution is 5.74. The van der Waals surface area contributed by atoms with Crippen molar-refractivity contribution < 1.29 is 9.53 Å². The van der Waals surface area contributed by atoms with E-state index in [1.807, 2.05) is 11.1 Å². The SMILES string of the molecule is COCCCn1c(C)cnc1CC1CCN(C(=O)NCc2ccc(C)cc2)CC1.